The van der Waals surface area contributed by atoms with Crippen molar-refractivity contribution < 1.29 is 9.21 Å². The molecule has 0 aliphatic carbocycles. The zero-order valence-electron chi connectivity index (χ0n) is 12.7. The number of hydrogen-bond acceptors (Lipinski definition) is 4. The van der Waals surface area contributed by atoms with Gasteiger partial charge in [0.2, 0.25) is 5.89 Å². The lowest BCUT2D eigenvalue weighted by atomic mass is 10.1. The molecule has 0 saturated carbocycles. The fourth-order valence-electron chi connectivity index (χ4n) is 1.85. The first-order valence-corrected chi connectivity index (χ1v) is 7.20. The molecule has 0 unspecified atom stereocenters. The maximum absolute atomic E-state index is 11.8. The van der Waals surface area contributed by atoms with Crippen molar-refractivity contribution in [3.05, 3.63) is 47.2 Å². The van der Waals surface area contributed by atoms with Gasteiger partial charge in [-0.15, -0.1) is 10.2 Å². The molecule has 1 aromatic heterocycles. The second-order valence-electron chi connectivity index (χ2n) is 5.60. The Morgan fingerprint density at radius 2 is 1.95 bits per heavy atom. The highest BCUT2D eigenvalue weighted by molar-refractivity contribution is 5.89. The highest BCUT2D eigenvalue weighted by Gasteiger charge is 2.14. The second-order valence-corrected chi connectivity index (χ2v) is 5.60. The van der Waals surface area contributed by atoms with Crippen molar-refractivity contribution >= 4 is 5.91 Å². The van der Waals surface area contributed by atoms with E-state index in [2.05, 4.69) is 29.4 Å². The van der Waals surface area contributed by atoms with Crippen molar-refractivity contribution in [3.63, 3.8) is 0 Å². The van der Waals surface area contributed by atoms with Crippen LogP contribution in [0.1, 0.15) is 48.0 Å². The SMILES string of the molecule is Cc1ccc(Cc2nnc(C(=O)NCCC(C)C)o2)cc1. The Balaban J connectivity index is 1.91. The Kier molecular flexibility index (Phi) is 5.09. The number of nitrogens with one attached hydrogen (secondary N) is 1. The molecule has 0 saturated heterocycles. The number of aryl methyl sites for hydroxylation is 1. The van der Waals surface area contributed by atoms with Crippen molar-refractivity contribution in [1.82, 2.24) is 15.5 Å². The van der Waals surface area contributed by atoms with E-state index in [0.29, 0.717) is 24.8 Å². The lowest BCUT2D eigenvalue weighted by Gasteiger charge is -2.04. The van der Waals surface area contributed by atoms with E-state index in [0.717, 1.165) is 12.0 Å². The summed E-state index contributed by atoms with van der Waals surface area (Å²) in [5.74, 6) is 0.720. The third-order valence-corrected chi connectivity index (χ3v) is 3.14. The number of rotatable bonds is 6. The van der Waals surface area contributed by atoms with Gasteiger partial charge < -0.3 is 9.73 Å². The summed E-state index contributed by atoms with van der Waals surface area (Å²) in [6, 6.07) is 8.10. The van der Waals surface area contributed by atoms with E-state index in [1.54, 1.807) is 0 Å². The highest BCUT2D eigenvalue weighted by Crippen LogP contribution is 2.10. The molecule has 2 aromatic rings. The minimum Gasteiger partial charge on any atom is -0.417 e. The van der Waals surface area contributed by atoms with E-state index in [9.17, 15) is 4.79 Å². The fourth-order valence-corrected chi connectivity index (χ4v) is 1.85. The largest absolute Gasteiger partial charge is 0.417 e. The molecule has 5 heteroatoms. The quantitative estimate of drug-likeness (QED) is 0.887. The van der Waals surface area contributed by atoms with Gasteiger partial charge in [-0.2, -0.15) is 0 Å². The zero-order chi connectivity index (χ0) is 15.2. The molecular formula is C16H21N3O2. The number of carbonyl (C=O) groups excluding carboxylic acids is 1. The zero-order valence-corrected chi connectivity index (χ0v) is 12.7. The number of aromatic nitrogens is 2. The van der Waals surface area contributed by atoms with Crippen LogP contribution in [-0.2, 0) is 6.42 Å². The van der Waals surface area contributed by atoms with Gasteiger partial charge in [-0.3, -0.25) is 4.79 Å². The van der Waals surface area contributed by atoms with Crippen LogP contribution in [0.3, 0.4) is 0 Å². The molecule has 0 aliphatic heterocycles. The van der Waals surface area contributed by atoms with Crippen molar-refractivity contribution in [3.8, 4) is 0 Å². The molecule has 1 N–H and O–H groups in total. The Labute approximate surface area is 124 Å². The van der Waals surface area contributed by atoms with Crippen LogP contribution in [0.2, 0.25) is 0 Å². The molecule has 1 amide bonds. The van der Waals surface area contributed by atoms with Gasteiger partial charge in [0.05, 0.1) is 6.42 Å². The smallest absolute Gasteiger partial charge is 0.308 e. The molecule has 0 aliphatic rings. The van der Waals surface area contributed by atoms with Gasteiger partial charge in [0.15, 0.2) is 0 Å². The molecule has 0 radical (unpaired) electrons. The summed E-state index contributed by atoms with van der Waals surface area (Å²) in [5.41, 5.74) is 2.28. The maximum atomic E-state index is 11.8. The monoisotopic (exact) mass is 287 g/mol. The third-order valence-electron chi connectivity index (χ3n) is 3.14. The minimum absolute atomic E-state index is 0.0286. The normalized spacial score (nSPS) is 10.9. The van der Waals surface area contributed by atoms with Crippen molar-refractivity contribution in [1.29, 1.82) is 0 Å². The van der Waals surface area contributed by atoms with Crippen molar-refractivity contribution in [2.45, 2.75) is 33.6 Å². The predicted octanol–water partition coefficient (Wildman–Crippen LogP) is 2.74. The summed E-state index contributed by atoms with van der Waals surface area (Å²) >= 11 is 0. The van der Waals surface area contributed by atoms with Crippen LogP contribution in [0, 0.1) is 12.8 Å². The fraction of sp³-hybridized carbons (Fsp3) is 0.438. The topological polar surface area (TPSA) is 68.0 Å². The maximum Gasteiger partial charge on any atom is 0.308 e. The van der Waals surface area contributed by atoms with Crippen LogP contribution in [0.15, 0.2) is 28.7 Å². The highest BCUT2D eigenvalue weighted by atomic mass is 16.4. The lowest BCUT2D eigenvalue weighted by molar-refractivity contribution is 0.0915. The number of hydrogen-bond donors (Lipinski definition) is 1. The molecule has 0 fully saturated rings. The summed E-state index contributed by atoms with van der Waals surface area (Å²) < 4.78 is 5.40. The van der Waals surface area contributed by atoms with Crippen LogP contribution in [0.25, 0.3) is 0 Å². The van der Waals surface area contributed by atoms with Gasteiger partial charge in [0.25, 0.3) is 0 Å². The standard InChI is InChI=1S/C16H21N3O2/c1-11(2)8-9-17-15(20)16-19-18-14(21-16)10-13-6-4-12(3)5-7-13/h4-7,11H,8-10H2,1-3H3,(H,17,20). The van der Waals surface area contributed by atoms with E-state index < -0.39 is 0 Å². The van der Waals surface area contributed by atoms with Crippen molar-refractivity contribution in [2.24, 2.45) is 5.92 Å². The molecule has 21 heavy (non-hydrogen) atoms. The molecule has 5 nitrogen and oxygen atoms in total. The Bertz CT molecular complexity index is 588. The van der Waals surface area contributed by atoms with Gasteiger partial charge in [-0.1, -0.05) is 43.7 Å². The number of carbonyl (C=O) groups is 1. The minimum atomic E-state index is -0.307. The van der Waals surface area contributed by atoms with Crippen LogP contribution in [0.5, 0.6) is 0 Å². The Hall–Kier alpha value is -2.17. The lowest BCUT2D eigenvalue weighted by Crippen LogP contribution is -2.25. The summed E-state index contributed by atoms with van der Waals surface area (Å²) in [6.07, 6.45) is 1.46. The molecule has 0 atom stereocenters. The van der Waals surface area contributed by atoms with Gasteiger partial charge >= 0.3 is 11.8 Å². The first-order chi connectivity index (χ1) is 10.0. The average molecular weight is 287 g/mol. The summed E-state index contributed by atoms with van der Waals surface area (Å²) in [5, 5.41) is 10.5. The first-order valence-electron chi connectivity index (χ1n) is 7.20. The van der Waals surface area contributed by atoms with Crippen molar-refractivity contribution in [2.75, 3.05) is 6.54 Å². The summed E-state index contributed by atoms with van der Waals surface area (Å²) in [6.45, 7) is 6.87. The molecule has 1 aromatic carbocycles. The van der Waals surface area contributed by atoms with Gasteiger partial charge in [0.1, 0.15) is 0 Å². The number of amides is 1. The van der Waals surface area contributed by atoms with E-state index in [1.165, 1.54) is 5.56 Å². The Morgan fingerprint density at radius 1 is 1.24 bits per heavy atom. The summed E-state index contributed by atoms with van der Waals surface area (Å²) in [4.78, 5) is 11.8. The predicted molar refractivity (Wildman–Crippen MR) is 80.1 cm³/mol. The third kappa shape index (κ3) is 4.70. The van der Waals surface area contributed by atoms with Crippen LogP contribution < -0.4 is 5.32 Å². The van der Waals surface area contributed by atoms with Gasteiger partial charge in [0, 0.05) is 6.54 Å². The molecule has 1 heterocycles. The van der Waals surface area contributed by atoms with Crippen LogP contribution >= 0.6 is 0 Å². The summed E-state index contributed by atoms with van der Waals surface area (Å²) in [7, 11) is 0. The molecule has 0 spiro atoms. The number of benzene rings is 1. The van der Waals surface area contributed by atoms with Crippen LogP contribution in [-0.4, -0.2) is 22.6 Å². The van der Waals surface area contributed by atoms with E-state index in [-0.39, 0.29) is 11.8 Å². The average Bonchev–Trinajstić information content (AvgIpc) is 2.89. The van der Waals surface area contributed by atoms with Gasteiger partial charge in [-0.25, -0.2) is 0 Å². The first kappa shape index (κ1) is 15.2. The molecule has 2 rings (SSSR count). The molecule has 0 bridgehead atoms. The molecule has 112 valence electrons. The second kappa shape index (κ2) is 7.02. The van der Waals surface area contributed by atoms with E-state index >= 15 is 0 Å². The van der Waals surface area contributed by atoms with E-state index in [1.807, 2.05) is 31.2 Å². The van der Waals surface area contributed by atoms with E-state index in [4.69, 9.17) is 4.42 Å². The van der Waals surface area contributed by atoms with Gasteiger partial charge in [-0.05, 0) is 24.8 Å². The number of nitrogens with zero attached hydrogens (tertiary/aromatic N) is 2. The molecular weight excluding hydrogens is 266 g/mol. The Morgan fingerprint density at radius 3 is 2.62 bits per heavy atom. The van der Waals surface area contributed by atoms with Crippen LogP contribution in [0.4, 0.5) is 0 Å².